The smallest absolute Gasteiger partial charge is 0.244 e. The molecule has 1 atom stereocenters. The van der Waals surface area contributed by atoms with Crippen LogP contribution in [0.5, 0.6) is 10.9 Å². The molecule has 4 radical (unpaired) electrons. The summed E-state index contributed by atoms with van der Waals surface area (Å²) in [5, 5.41) is 29.7. The molecule has 1 N–H and O–H groups in total. The summed E-state index contributed by atoms with van der Waals surface area (Å²) in [5.74, 6) is 5.31. The fraction of sp³-hybridized carbons (Fsp3) is 0.345. The molecule has 2 aromatic carbocycles. The summed E-state index contributed by atoms with van der Waals surface area (Å²) in [4.78, 5) is 18.0. The van der Waals surface area contributed by atoms with E-state index in [1.165, 1.54) is 21.3 Å². The molecule has 8 aromatic rings. The van der Waals surface area contributed by atoms with Gasteiger partial charge in [0.2, 0.25) is 23.6 Å². The maximum atomic E-state index is 13.1. The molecule has 0 saturated heterocycles. The maximum Gasteiger partial charge on any atom is 0.244 e. The van der Waals surface area contributed by atoms with E-state index >= 15 is 0 Å². The first kappa shape index (κ1) is 65.2. The van der Waals surface area contributed by atoms with Gasteiger partial charge in [0, 0.05) is 47.1 Å². The van der Waals surface area contributed by atoms with Gasteiger partial charge in [-0.3, -0.25) is 0 Å². The van der Waals surface area contributed by atoms with Gasteiger partial charge in [0.15, 0.2) is 5.82 Å². The van der Waals surface area contributed by atoms with Gasteiger partial charge < -0.3 is 13.6 Å². The number of oxazole rings is 1. The van der Waals surface area contributed by atoms with Crippen molar-refractivity contribution in [3.05, 3.63) is 137 Å². The van der Waals surface area contributed by atoms with Crippen molar-refractivity contribution in [1.29, 1.82) is 0 Å². The summed E-state index contributed by atoms with van der Waals surface area (Å²) < 4.78 is 54.1. The molecule has 2 aliphatic heterocycles. The number of thiazole rings is 1. The van der Waals surface area contributed by atoms with Crippen molar-refractivity contribution in [2.24, 2.45) is 20.8 Å². The first-order valence-corrected chi connectivity index (χ1v) is 35.8. The minimum absolute atomic E-state index is 0. The van der Waals surface area contributed by atoms with Crippen molar-refractivity contribution in [2.75, 3.05) is 13.5 Å². The monoisotopic (exact) mass is 1460 g/mol. The van der Waals surface area contributed by atoms with Gasteiger partial charge in [0.05, 0.1) is 27.4 Å². The third-order valence-corrected chi connectivity index (χ3v) is 18.4. The average Bonchev–Trinajstić information content (AvgIpc) is 4.38. The summed E-state index contributed by atoms with van der Waals surface area (Å²) in [5.41, 5.74) is 7.96. The molecular weight excluding hydrogens is 1400 g/mol. The van der Waals surface area contributed by atoms with E-state index < -0.39 is 13.5 Å². The molecule has 0 amide bonds. The van der Waals surface area contributed by atoms with Gasteiger partial charge in [-0.15, -0.1) is 5.10 Å². The molecule has 0 saturated carbocycles. The first-order valence-electron chi connectivity index (χ1n) is 26.1. The molecule has 0 aliphatic carbocycles. The summed E-state index contributed by atoms with van der Waals surface area (Å²) in [6.07, 6.45) is 9.17. The van der Waals surface area contributed by atoms with E-state index in [0.717, 1.165) is 141 Å². The molecule has 6 aromatic heterocycles. The van der Waals surface area contributed by atoms with Crippen LogP contribution in [0.4, 0.5) is 8.78 Å². The van der Waals surface area contributed by atoms with E-state index in [0.29, 0.717) is 40.2 Å². The van der Waals surface area contributed by atoms with Crippen LogP contribution in [0.2, 0.25) is 6.55 Å². The molecule has 0 fully saturated rings. The Morgan fingerprint density at radius 2 is 1.35 bits per heavy atom. The third-order valence-electron chi connectivity index (χ3n) is 13.5. The molecule has 17 nitrogen and oxygen atoms in total. The van der Waals surface area contributed by atoms with Crippen molar-refractivity contribution in [1.82, 2.24) is 49.1 Å². The Morgan fingerprint density at radius 1 is 0.765 bits per heavy atom. The number of aliphatic imine (C=N–C) groups is 2. The van der Waals surface area contributed by atoms with Gasteiger partial charge in [-0.25, -0.2) is 23.7 Å². The maximum absolute atomic E-state index is 13.1. The Bertz CT molecular complexity index is 3490. The average molecular weight is 1460 g/mol. The second kappa shape index (κ2) is 30.0. The Balaban J connectivity index is 0.000000177. The van der Waals surface area contributed by atoms with Crippen LogP contribution in [-0.4, -0.2) is 142 Å². The Labute approximate surface area is 523 Å². The van der Waals surface area contributed by atoms with Crippen molar-refractivity contribution >= 4 is 107 Å². The number of aromatic hydroxyl groups is 1. The number of allylic oxidation sites excluding steroid dienone is 2. The zero-order chi connectivity index (χ0) is 57.7. The van der Waals surface area contributed by atoms with E-state index in [9.17, 15) is 13.9 Å². The second-order valence-electron chi connectivity index (χ2n) is 19.3. The molecule has 10 rings (SSSR count). The standard InChI is InChI=1S/C20H16FN3O2S.C13H21N3OSi.C13H19N3O.C9H10FN3OS.Al.2Ga.Ir.3H/c1-13-22-18(20(25)27-13)24-17(15-10-6-3-7-11-15)16(19(23-24)26-12-21)14-8-4-2-5-9-14;1-5-13(3)9(2)14-12(11(13)17)16-7-6-10(15-16)8-18-4;1-5-6-10-7-8-16(15-10)12-11(17)13(3,4)9(2)14-12;1-6-11-8(9(15)14-6)13-5-3-7(12-13)2-4-10;;;;;;;/h2-11,25H,12H2,1H3;6-7,17H,5,8,18H2,1-4H3;7-8,17H,5-6H2,1-4H3;3,5,15H,2,4H2,1H3;;;;;;;/q;;;;3*+1;;;;/p-3. The number of ether oxygens (including phenoxy) is 1. The molecular formula is C55H66AlF2Ga2IrN12O5S2Si. The summed E-state index contributed by atoms with van der Waals surface area (Å²) in [6.45, 7) is 19.4. The normalized spacial score (nSPS) is 15.3. The zero-order valence-corrected chi connectivity index (χ0v) is 60.2. The Morgan fingerprint density at radius 3 is 1.90 bits per heavy atom. The van der Waals surface area contributed by atoms with Crippen LogP contribution in [0.1, 0.15) is 89.3 Å². The Kier molecular flexibility index (Phi) is 24.2. The Hall–Kier alpha value is -4.98. The predicted molar refractivity (Wildman–Crippen MR) is 322 cm³/mol. The molecule has 0 spiro atoms. The summed E-state index contributed by atoms with van der Waals surface area (Å²) >= 11 is 4.48. The van der Waals surface area contributed by atoms with Crippen molar-refractivity contribution in [3.63, 3.8) is 0 Å². The molecule has 26 heteroatoms. The number of rotatable bonds is 18. The largest absolute Gasteiger partial charge is 0.497 e. The summed E-state index contributed by atoms with van der Waals surface area (Å²) in [7, 11) is 1.59. The second-order valence-corrected chi connectivity index (χ2v) is 25.3. The van der Waals surface area contributed by atoms with E-state index in [2.05, 4.69) is 95.6 Å². The number of benzene rings is 2. The van der Waals surface area contributed by atoms with Crippen molar-refractivity contribution in [2.45, 2.75) is 106 Å². The first-order chi connectivity index (χ1) is 38.5. The van der Waals surface area contributed by atoms with Crippen LogP contribution in [-0.2, 0) is 46.3 Å². The van der Waals surface area contributed by atoms with E-state index in [1.807, 2.05) is 89.3 Å². The minimum Gasteiger partial charge on any atom is -0.497 e. The third kappa shape index (κ3) is 15.1. The molecule has 424 valence electrons. The molecule has 1 unspecified atom stereocenters. The van der Waals surface area contributed by atoms with Gasteiger partial charge in [0.1, 0.15) is 5.76 Å². The van der Waals surface area contributed by atoms with Gasteiger partial charge in [-0.1, -0.05) is 85.5 Å². The minimum atomic E-state index is -1.01. The van der Waals surface area contributed by atoms with Crippen LogP contribution >= 0.6 is 21.0 Å². The van der Waals surface area contributed by atoms with E-state index in [4.69, 9.17) is 21.5 Å². The van der Waals surface area contributed by atoms with Crippen molar-refractivity contribution in [3.8, 4) is 45.0 Å². The zero-order valence-electron chi connectivity index (χ0n) is 47.4. The number of aryl methyl sites for hydroxylation is 4. The molecule has 8 heterocycles. The van der Waals surface area contributed by atoms with E-state index in [-0.39, 0.29) is 51.4 Å². The van der Waals surface area contributed by atoms with Gasteiger partial charge in [-0.2, -0.15) is 5.10 Å². The molecule has 2 aliphatic rings. The van der Waals surface area contributed by atoms with Crippen LogP contribution < -0.4 is 4.74 Å². The predicted octanol–water partition coefficient (Wildman–Crippen LogP) is 10.3. The SMILES string of the molecule is CCC1(C)C(C)=NC(n2ccc(C[SiH2]C)n2)=C1[O][AlH].CCCc1ccn(C2=C([O][GaH])C(C)(C)C(C)=N2)n1.Cc1nc(-n2ccc(CCF)n2)c([S][GaH])o1.Cc1nc(-n2nc(OCF)c(-c3ccccc3)c2-c2ccccc2)c(O)s1.[Ir]. The van der Waals surface area contributed by atoms with Crippen LogP contribution in [0, 0.1) is 24.7 Å². The topological polar surface area (TPSA) is 183 Å². The van der Waals surface area contributed by atoms with Gasteiger partial charge in [-0.05, 0) is 44.9 Å². The molecule has 0 bridgehead atoms. The number of hydrogen-bond donors (Lipinski definition) is 1. The number of alkyl halides is 2. The number of halogens is 2. The van der Waals surface area contributed by atoms with E-state index in [1.54, 1.807) is 40.5 Å². The van der Waals surface area contributed by atoms with Gasteiger partial charge >= 0.3 is 241 Å². The van der Waals surface area contributed by atoms with Crippen LogP contribution in [0.25, 0.3) is 45.7 Å². The quantitative estimate of drug-likeness (QED) is 0.0804. The fourth-order valence-electron chi connectivity index (χ4n) is 8.79. The van der Waals surface area contributed by atoms with Crippen LogP contribution in [0.15, 0.2) is 128 Å². The summed E-state index contributed by atoms with van der Waals surface area (Å²) in [6, 6.07) is 26.2. The molecule has 81 heavy (non-hydrogen) atoms. The number of hydrogen-bond acceptors (Lipinski definition) is 15. The van der Waals surface area contributed by atoms with Gasteiger partial charge in [0.25, 0.3) is 0 Å². The van der Waals surface area contributed by atoms with Crippen LogP contribution in [0.3, 0.4) is 0 Å². The fourth-order valence-corrected chi connectivity index (χ4v) is 13.3. The number of nitrogens with zero attached hydrogens (tertiary/aromatic N) is 12. The number of aromatic nitrogens is 10. The van der Waals surface area contributed by atoms with Crippen molar-refractivity contribution < 1.29 is 50.5 Å².